The van der Waals surface area contributed by atoms with Crippen LogP contribution < -0.4 is 9.96 Å². The highest BCUT2D eigenvalue weighted by Crippen LogP contribution is 2.46. The Balaban J connectivity index is 2.75. The summed E-state index contributed by atoms with van der Waals surface area (Å²) >= 11 is 0. The van der Waals surface area contributed by atoms with E-state index in [4.69, 9.17) is 0 Å². The highest BCUT2D eigenvalue weighted by molar-refractivity contribution is 6.74. The molecular weight excluding hydrogens is 276 g/mol. The van der Waals surface area contributed by atoms with Crippen molar-refractivity contribution in [3.8, 4) is 0 Å². The third-order valence-corrected chi connectivity index (χ3v) is 6.64. The van der Waals surface area contributed by atoms with E-state index in [0.717, 1.165) is 0 Å². The molecule has 0 aromatic rings. The Labute approximate surface area is 129 Å². The van der Waals surface area contributed by atoms with Gasteiger partial charge in [0.05, 0.1) is 0 Å². The molecule has 1 aliphatic rings. The lowest BCUT2D eigenvalue weighted by Gasteiger charge is -2.49. The Kier molecular flexibility index (Phi) is 5.39. The summed E-state index contributed by atoms with van der Waals surface area (Å²) in [4.78, 5) is 7.86. The predicted molar refractivity (Wildman–Crippen MR) is 97.4 cm³/mol. The molecule has 1 rings (SSSR count). The van der Waals surface area contributed by atoms with Crippen LogP contribution in [0.5, 0.6) is 0 Å². The van der Waals surface area contributed by atoms with Gasteiger partial charge in [0, 0.05) is 6.04 Å². The molecule has 0 aromatic carbocycles. The molecule has 1 saturated carbocycles. The zero-order valence-corrected chi connectivity index (χ0v) is 17.4. The maximum absolute atomic E-state index is 3.99. The first-order valence-electron chi connectivity index (χ1n) is 8.23. The Hall–Kier alpha value is 0.354. The highest BCUT2D eigenvalue weighted by atomic mass is 28.3. The zero-order chi connectivity index (χ0) is 15.8. The summed E-state index contributed by atoms with van der Waals surface area (Å²) in [6.45, 7) is 23.1. The SMILES string of the molecule is CC1(C)CC(N[Si](C)(C)C)CC(C)(CN[Si](C)(C)C)C1. The second kappa shape index (κ2) is 5.86. The van der Waals surface area contributed by atoms with Gasteiger partial charge >= 0.3 is 0 Å². The summed E-state index contributed by atoms with van der Waals surface area (Å²) in [7, 11) is -2.36. The van der Waals surface area contributed by atoms with Gasteiger partial charge in [-0.1, -0.05) is 60.1 Å². The summed E-state index contributed by atoms with van der Waals surface area (Å²) in [5.41, 5.74) is 0.908. The highest BCUT2D eigenvalue weighted by Gasteiger charge is 2.42. The smallest absolute Gasteiger partial charge is 0.116 e. The van der Waals surface area contributed by atoms with Gasteiger partial charge in [-0.15, -0.1) is 0 Å². The standard InChI is InChI=1S/C16H38N2Si2/c1-15(2)10-14(18-20(7,8)9)11-16(3,12-15)13-17-19(4,5)6/h14,17-18H,10-13H2,1-9H3. The first-order chi connectivity index (χ1) is 8.70. The van der Waals surface area contributed by atoms with Crippen LogP contribution in [0.2, 0.25) is 39.3 Å². The van der Waals surface area contributed by atoms with Gasteiger partial charge < -0.3 is 9.96 Å². The van der Waals surface area contributed by atoms with Crippen LogP contribution in [0.15, 0.2) is 0 Å². The van der Waals surface area contributed by atoms with Gasteiger partial charge in [-0.3, -0.25) is 0 Å². The molecule has 0 bridgehead atoms. The van der Waals surface area contributed by atoms with Crippen LogP contribution in [0.25, 0.3) is 0 Å². The van der Waals surface area contributed by atoms with Crippen LogP contribution in [-0.2, 0) is 0 Å². The van der Waals surface area contributed by atoms with E-state index in [1.165, 1.54) is 25.8 Å². The van der Waals surface area contributed by atoms with E-state index in [2.05, 4.69) is 70.0 Å². The number of nitrogens with one attached hydrogen (secondary N) is 2. The Bertz CT molecular complexity index is 326. The summed E-state index contributed by atoms with van der Waals surface area (Å²) in [5.74, 6) is 0. The molecule has 0 amide bonds. The maximum Gasteiger partial charge on any atom is 0.116 e. The summed E-state index contributed by atoms with van der Waals surface area (Å²) in [5, 5.41) is 0. The molecule has 0 radical (unpaired) electrons. The topological polar surface area (TPSA) is 24.1 Å². The van der Waals surface area contributed by atoms with Gasteiger partial charge in [-0.05, 0) is 36.6 Å². The number of hydrogen-bond acceptors (Lipinski definition) is 2. The molecule has 2 N–H and O–H groups in total. The first kappa shape index (κ1) is 18.4. The second-order valence-electron chi connectivity index (χ2n) is 10.3. The molecule has 0 heterocycles. The minimum absolute atomic E-state index is 0.444. The van der Waals surface area contributed by atoms with Crippen molar-refractivity contribution in [2.24, 2.45) is 10.8 Å². The molecule has 1 fully saturated rings. The quantitative estimate of drug-likeness (QED) is 0.734. The van der Waals surface area contributed by atoms with Crippen molar-refractivity contribution in [1.82, 2.24) is 9.96 Å². The Morgan fingerprint density at radius 1 is 0.900 bits per heavy atom. The van der Waals surface area contributed by atoms with Crippen LogP contribution in [0.4, 0.5) is 0 Å². The molecule has 2 atom stereocenters. The molecule has 2 unspecified atom stereocenters. The minimum atomic E-state index is -1.19. The molecule has 0 aromatic heterocycles. The molecule has 0 spiro atoms. The Morgan fingerprint density at radius 2 is 1.45 bits per heavy atom. The third kappa shape index (κ3) is 6.88. The molecule has 0 saturated heterocycles. The van der Waals surface area contributed by atoms with Crippen LogP contribution in [0, 0.1) is 10.8 Å². The molecule has 0 aliphatic heterocycles. The normalized spacial score (nSPS) is 31.4. The molecular formula is C16H38N2Si2. The summed E-state index contributed by atoms with van der Waals surface area (Å²) in [6, 6.07) is 0.707. The maximum atomic E-state index is 3.99. The monoisotopic (exact) mass is 314 g/mol. The van der Waals surface area contributed by atoms with Crippen molar-refractivity contribution in [1.29, 1.82) is 0 Å². The lowest BCUT2D eigenvalue weighted by Crippen LogP contribution is -2.56. The first-order valence-corrected chi connectivity index (χ1v) is 15.2. The van der Waals surface area contributed by atoms with Crippen molar-refractivity contribution in [2.75, 3.05) is 6.54 Å². The fourth-order valence-electron chi connectivity index (χ4n) is 3.96. The van der Waals surface area contributed by atoms with E-state index in [9.17, 15) is 0 Å². The molecule has 20 heavy (non-hydrogen) atoms. The predicted octanol–water partition coefficient (Wildman–Crippen LogP) is 4.42. The van der Waals surface area contributed by atoms with Crippen LogP contribution in [0.3, 0.4) is 0 Å². The van der Waals surface area contributed by atoms with Gasteiger partial charge in [0.15, 0.2) is 0 Å². The number of rotatable bonds is 5. The fraction of sp³-hybridized carbons (Fsp3) is 1.00. The van der Waals surface area contributed by atoms with E-state index in [1.807, 2.05) is 0 Å². The van der Waals surface area contributed by atoms with E-state index in [1.54, 1.807) is 0 Å². The minimum Gasteiger partial charge on any atom is -0.337 e. The molecule has 4 heteroatoms. The van der Waals surface area contributed by atoms with E-state index in [0.29, 0.717) is 16.9 Å². The lowest BCUT2D eigenvalue weighted by molar-refractivity contribution is 0.0808. The van der Waals surface area contributed by atoms with Crippen LogP contribution in [0.1, 0.15) is 40.0 Å². The van der Waals surface area contributed by atoms with Crippen LogP contribution in [-0.4, -0.2) is 29.1 Å². The van der Waals surface area contributed by atoms with E-state index < -0.39 is 16.5 Å². The summed E-state index contributed by atoms with van der Waals surface area (Å²) < 4.78 is 0. The van der Waals surface area contributed by atoms with Crippen molar-refractivity contribution >= 4 is 16.5 Å². The largest absolute Gasteiger partial charge is 0.337 e. The van der Waals surface area contributed by atoms with Crippen molar-refractivity contribution < 1.29 is 0 Å². The van der Waals surface area contributed by atoms with Crippen molar-refractivity contribution in [3.63, 3.8) is 0 Å². The van der Waals surface area contributed by atoms with Gasteiger partial charge in [-0.25, -0.2) is 0 Å². The average Bonchev–Trinajstić information content (AvgIpc) is 2.07. The summed E-state index contributed by atoms with van der Waals surface area (Å²) in [6.07, 6.45) is 4.01. The molecule has 2 nitrogen and oxygen atoms in total. The number of hydrogen-bond donors (Lipinski definition) is 2. The van der Waals surface area contributed by atoms with Gasteiger partial charge in [-0.2, -0.15) is 0 Å². The molecule has 120 valence electrons. The van der Waals surface area contributed by atoms with Crippen molar-refractivity contribution in [2.45, 2.75) is 85.4 Å². The molecule has 1 aliphatic carbocycles. The van der Waals surface area contributed by atoms with Gasteiger partial charge in [0.1, 0.15) is 16.5 Å². The van der Waals surface area contributed by atoms with Gasteiger partial charge in [0.25, 0.3) is 0 Å². The second-order valence-corrected chi connectivity index (χ2v) is 19.9. The zero-order valence-electron chi connectivity index (χ0n) is 15.4. The van der Waals surface area contributed by atoms with E-state index >= 15 is 0 Å². The van der Waals surface area contributed by atoms with E-state index in [-0.39, 0.29) is 0 Å². The average molecular weight is 315 g/mol. The third-order valence-electron chi connectivity index (χ3n) is 4.13. The van der Waals surface area contributed by atoms with Crippen molar-refractivity contribution in [3.05, 3.63) is 0 Å². The Morgan fingerprint density at radius 3 is 1.90 bits per heavy atom. The fourth-order valence-corrected chi connectivity index (χ4v) is 6.35. The lowest BCUT2D eigenvalue weighted by atomic mass is 9.63. The van der Waals surface area contributed by atoms with Gasteiger partial charge in [0.2, 0.25) is 0 Å². The van der Waals surface area contributed by atoms with Crippen LogP contribution >= 0.6 is 0 Å².